The molecule has 0 unspecified atom stereocenters. The molecule has 0 aliphatic heterocycles. The van der Waals surface area contributed by atoms with Gasteiger partial charge < -0.3 is 10.1 Å². The molecule has 7 nitrogen and oxygen atoms in total. The Hall–Kier alpha value is -2.61. The molecule has 1 amide bonds. The van der Waals surface area contributed by atoms with Crippen molar-refractivity contribution in [3.63, 3.8) is 0 Å². The third-order valence-electron chi connectivity index (χ3n) is 3.66. The molecule has 1 aromatic carbocycles. The van der Waals surface area contributed by atoms with Crippen molar-refractivity contribution in [1.29, 1.82) is 0 Å². The van der Waals surface area contributed by atoms with Gasteiger partial charge in [0.1, 0.15) is 12.1 Å². The van der Waals surface area contributed by atoms with Crippen LogP contribution in [0.4, 0.5) is 5.69 Å². The molecule has 1 heterocycles. The second-order valence-electron chi connectivity index (χ2n) is 5.33. The fourth-order valence-corrected chi connectivity index (χ4v) is 2.94. The van der Waals surface area contributed by atoms with E-state index < -0.39 is 11.5 Å². The Morgan fingerprint density at radius 2 is 2.00 bits per heavy atom. The van der Waals surface area contributed by atoms with E-state index >= 15 is 0 Å². The summed E-state index contributed by atoms with van der Waals surface area (Å²) in [6.07, 6.45) is 3.70. The van der Waals surface area contributed by atoms with Crippen LogP contribution in [-0.4, -0.2) is 34.3 Å². The molecule has 0 fully saturated rings. The lowest BCUT2D eigenvalue weighted by Gasteiger charge is -2.13. The molecule has 26 heavy (non-hydrogen) atoms. The number of carbonyl (C=O) groups is 2. The van der Waals surface area contributed by atoms with Crippen molar-refractivity contribution in [2.24, 2.45) is 0 Å². The minimum Gasteiger partial charge on any atom is -0.462 e. The number of amides is 1. The van der Waals surface area contributed by atoms with Crippen LogP contribution in [-0.2, 0) is 22.5 Å². The normalized spacial score (nSPS) is 10.4. The van der Waals surface area contributed by atoms with E-state index in [1.165, 1.54) is 22.5 Å². The molecule has 0 atom stereocenters. The first-order chi connectivity index (χ1) is 12.5. The second kappa shape index (κ2) is 9.19. The van der Waals surface area contributed by atoms with E-state index in [1.807, 2.05) is 31.2 Å². The molecule has 1 N–H and O–H groups in total. The Morgan fingerprint density at radius 3 is 2.65 bits per heavy atom. The smallest absolute Gasteiger partial charge is 0.345 e. The van der Waals surface area contributed by atoms with Gasteiger partial charge in [-0.05, 0) is 31.2 Å². The average molecular weight is 375 g/mol. The van der Waals surface area contributed by atoms with E-state index in [9.17, 15) is 14.4 Å². The molecule has 0 saturated heterocycles. The average Bonchev–Trinajstić information content (AvgIpc) is 2.63. The fraction of sp³-hybridized carbons (Fsp3) is 0.333. The number of benzene rings is 1. The van der Waals surface area contributed by atoms with Crippen molar-refractivity contribution >= 4 is 29.3 Å². The molecule has 1 aromatic heterocycles. The van der Waals surface area contributed by atoms with Crippen molar-refractivity contribution in [2.75, 3.05) is 18.2 Å². The Labute approximate surface area is 155 Å². The summed E-state index contributed by atoms with van der Waals surface area (Å²) in [6, 6.07) is 7.47. The van der Waals surface area contributed by atoms with Gasteiger partial charge in [0.2, 0.25) is 5.91 Å². The van der Waals surface area contributed by atoms with Crippen LogP contribution in [0, 0.1) is 0 Å². The number of hydrogen-bond donors (Lipinski definition) is 1. The number of anilines is 1. The lowest BCUT2D eigenvalue weighted by Crippen LogP contribution is -2.33. The van der Waals surface area contributed by atoms with Crippen molar-refractivity contribution in [3.8, 4) is 0 Å². The SMILES string of the molecule is CCOC(=O)c1cnc(SC)n(CC(=O)Nc2ccccc2CC)c1=O. The van der Waals surface area contributed by atoms with Crippen LogP contribution in [0.15, 0.2) is 40.4 Å². The van der Waals surface area contributed by atoms with Gasteiger partial charge >= 0.3 is 5.97 Å². The summed E-state index contributed by atoms with van der Waals surface area (Å²) in [6.45, 7) is 3.55. The largest absolute Gasteiger partial charge is 0.462 e. The maximum absolute atomic E-state index is 12.6. The number of ether oxygens (including phenoxy) is 1. The van der Waals surface area contributed by atoms with Crippen LogP contribution >= 0.6 is 11.8 Å². The van der Waals surface area contributed by atoms with Crippen molar-refractivity contribution < 1.29 is 14.3 Å². The van der Waals surface area contributed by atoms with Crippen LogP contribution in [0.2, 0.25) is 0 Å². The zero-order valence-corrected chi connectivity index (χ0v) is 15.8. The summed E-state index contributed by atoms with van der Waals surface area (Å²) >= 11 is 1.22. The Morgan fingerprint density at radius 1 is 1.27 bits per heavy atom. The quantitative estimate of drug-likeness (QED) is 0.454. The third-order valence-corrected chi connectivity index (χ3v) is 4.35. The highest BCUT2D eigenvalue weighted by molar-refractivity contribution is 7.98. The zero-order chi connectivity index (χ0) is 19.1. The Kier molecular flexibility index (Phi) is 6.97. The topological polar surface area (TPSA) is 90.3 Å². The number of hydrogen-bond acceptors (Lipinski definition) is 6. The van der Waals surface area contributed by atoms with Gasteiger partial charge in [-0.3, -0.25) is 14.2 Å². The highest BCUT2D eigenvalue weighted by Crippen LogP contribution is 2.16. The molecule has 0 aliphatic rings. The van der Waals surface area contributed by atoms with Crippen LogP contribution in [0.5, 0.6) is 0 Å². The Balaban J connectivity index is 2.29. The summed E-state index contributed by atoms with van der Waals surface area (Å²) in [7, 11) is 0. The first-order valence-corrected chi connectivity index (χ1v) is 9.42. The number of nitrogens with one attached hydrogen (secondary N) is 1. The van der Waals surface area contributed by atoms with Gasteiger partial charge in [-0.15, -0.1) is 0 Å². The lowest BCUT2D eigenvalue weighted by atomic mass is 10.1. The first kappa shape index (κ1) is 19.7. The maximum atomic E-state index is 12.6. The predicted octanol–water partition coefficient (Wildman–Crippen LogP) is 2.34. The maximum Gasteiger partial charge on any atom is 0.345 e. The second-order valence-corrected chi connectivity index (χ2v) is 6.10. The highest BCUT2D eigenvalue weighted by Gasteiger charge is 2.19. The number of para-hydroxylation sites is 1. The molecule has 2 aromatic rings. The Bertz CT molecular complexity index is 864. The number of aryl methyl sites for hydroxylation is 1. The van der Waals surface area contributed by atoms with Crippen LogP contribution in [0.3, 0.4) is 0 Å². The van der Waals surface area contributed by atoms with Crippen molar-refractivity contribution in [2.45, 2.75) is 32.0 Å². The van der Waals surface area contributed by atoms with Gasteiger partial charge in [0.25, 0.3) is 5.56 Å². The first-order valence-electron chi connectivity index (χ1n) is 8.20. The minimum atomic E-state index is -0.747. The zero-order valence-electron chi connectivity index (χ0n) is 14.9. The van der Waals surface area contributed by atoms with Gasteiger partial charge in [-0.25, -0.2) is 9.78 Å². The van der Waals surface area contributed by atoms with Crippen LogP contribution < -0.4 is 10.9 Å². The van der Waals surface area contributed by atoms with Gasteiger partial charge in [-0.2, -0.15) is 0 Å². The molecule has 138 valence electrons. The molecule has 0 saturated carbocycles. The third kappa shape index (κ3) is 4.51. The summed E-state index contributed by atoms with van der Waals surface area (Å²) < 4.78 is 6.05. The van der Waals surface area contributed by atoms with E-state index in [2.05, 4.69) is 10.3 Å². The van der Waals surface area contributed by atoms with E-state index in [1.54, 1.807) is 13.2 Å². The fourth-order valence-electron chi connectivity index (χ4n) is 2.41. The van der Waals surface area contributed by atoms with Gasteiger partial charge in [0.15, 0.2) is 5.16 Å². The highest BCUT2D eigenvalue weighted by atomic mass is 32.2. The van der Waals surface area contributed by atoms with Crippen molar-refractivity contribution in [1.82, 2.24) is 9.55 Å². The summed E-state index contributed by atoms with van der Waals surface area (Å²) in [5, 5.41) is 3.16. The van der Waals surface area contributed by atoms with E-state index in [4.69, 9.17) is 4.74 Å². The lowest BCUT2D eigenvalue weighted by molar-refractivity contribution is -0.116. The van der Waals surface area contributed by atoms with E-state index in [0.29, 0.717) is 10.8 Å². The van der Waals surface area contributed by atoms with Crippen molar-refractivity contribution in [3.05, 3.63) is 51.9 Å². The van der Waals surface area contributed by atoms with Crippen LogP contribution in [0.1, 0.15) is 29.8 Å². The predicted molar refractivity (Wildman–Crippen MR) is 101 cm³/mol. The molecule has 0 radical (unpaired) electrons. The number of nitrogens with zero attached hydrogens (tertiary/aromatic N) is 2. The summed E-state index contributed by atoms with van der Waals surface area (Å²) in [5.74, 6) is -1.12. The van der Waals surface area contributed by atoms with Gasteiger partial charge in [0, 0.05) is 5.69 Å². The number of esters is 1. The summed E-state index contributed by atoms with van der Waals surface area (Å²) in [4.78, 5) is 41.1. The molecule has 0 bridgehead atoms. The molecule has 0 aliphatic carbocycles. The standard InChI is InChI=1S/C18H21N3O4S/c1-4-12-8-6-7-9-14(12)20-15(22)11-21-16(23)13(17(24)25-5-2)10-19-18(21)26-3/h6-10H,4-5,11H2,1-3H3,(H,20,22). The van der Waals surface area contributed by atoms with Gasteiger partial charge in [0.05, 0.1) is 12.8 Å². The molecular weight excluding hydrogens is 354 g/mol. The molecule has 0 spiro atoms. The molecule has 2 rings (SSSR count). The number of carbonyl (C=O) groups excluding carboxylic acids is 2. The minimum absolute atomic E-state index is 0.150. The number of aromatic nitrogens is 2. The van der Waals surface area contributed by atoms with E-state index in [0.717, 1.165) is 12.0 Å². The van der Waals surface area contributed by atoms with Gasteiger partial charge in [-0.1, -0.05) is 36.9 Å². The van der Waals surface area contributed by atoms with E-state index in [-0.39, 0.29) is 24.6 Å². The van der Waals surface area contributed by atoms with Crippen LogP contribution in [0.25, 0.3) is 0 Å². The monoisotopic (exact) mass is 375 g/mol. The summed E-state index contributed by atoms with van der Waals surface area (Å²) in [5.41, 5.74) is 0.915. The molecule has 8 heteroatoms. The molecular formula is C18H21N3O4S. The number of rotatable bonds is 7. The number of thioether (sulfide) groups is 1.